The van der Waals surface area contributed by atoms with Crippen LogP contribution in [0.2, 0.25) is 0 Å². The third kappa shape index (κ3) is 5.89. The molecular formula is C15H33N. The molecule has 0 aromatic rings. The van der Waals surface area contributed by atoms with Crippen LogP contribution in [0.5, 0.6) is 0 Å². The first kappa shape index (κ1) is 16.0. The summed E-state index contributed by atoms with van der Waals surface area (Å²) in [6.07, 6.45) is 2.54. The van der Waals surface area contributed by atoms with E-state index in [4.69, 9.17) is 0 Å². The zero-order chi connectivity index (χ0) is 12.9. The van der Waals surface area contributed by atoms with Gasteiger partial charge in [-0.25, -0.2) is 0 Å². The number of nitrogens with zero attached hydrogens (tertiary/aromatic N) is 1. The van der Waals surface area contributed by atoms with Gasteiger partial charge >= 0.3 is 0 Å². The fourth-order valence-corrected chi connectivity index (χ4v) is 1.91. The van der Waals surface area contributed by atoms with E-state index in [2.05, 4.69) is 60.3 Å². The highest BCUT2D eigenvalue weighted by Gasteiger charge is 2.23. The molecule has 0 amide bonds. The molecule has 0 N–H and O–H groups in total. The highest BCUT2D eigenvalue weighted by atomic mass is 15.2. The zero-order valence-corrected chi connectivity index (χ0v) is 12.8. The molecule has 0 bridgehead atoms. The van der Waals surface area contributed by atoms with E-state index in [1.807, 2.05) is 0 Å². The molecule has 0 rings (SSSR count). The van der Waals surface area contributed by atoms with E-state index in [0.29, 0.717) is 17.5 Å². The molecule has 0 aliphatic rings. The molecule has 0 spiro atoms. The Labute approximate surface area is 104 Å². The van der Waals surface area contributed by atoms with Crippen molar-refractivity contribution < 1.29 is 0 Å². The highest BCUT2D eigenvalue weighted by Crippen LogP contribution is 2.23. The first-order chi connectivity index (χ1) is 7.19. The van der Waals surface area contributed by atoms with Gasteiger partial charge in [-0.2, -0.15) is 0 Å². The lowest BCUT2D eigenvalue weighted by Crippen LogP contribution is -2.44. The summed E-state index contributed by atoms with van der Waals surface area (Å²) in [6, 6.07) is 1.40. The molecule has 2 unspecified atom stereocenters. The Kier molecular flexibility index (Phi) is 6.62. The lowest BCUT2D eigenvalue weighted by atomic mass is 9.91. The van der Waals surface area contributed by atoms with E-state index in [9.17, 15) is 0 Å². The average molecular weight is 227 g/mol. The molecule has 2 atom stereocenters. The lowest BCUT2D eigenvalue weighted by molar-refractivity contribution is 0.103. The van der Waals surface area contributed by atoms with Crippen LogP contribution in [0.3, 0.4) is 0 Å². The summed E-state index contributed by atoms with van der Waals surface area (Å²) in [7, 11) is 0. The minimum Gasteiger partial charge on any atom is -0.298 e. The maximum atomic E-state index is 2.69. The van der Waals surface area contributed by atoms with Gasteiger partial charge in [-0.3, -0.25) is 4.90 Å². The van der Waals surface area contributed by atoms with E-state index >= 15 is 0 Å². The van der Waals surface area contributed by atoms with Crippen molar-refractivity contribution in [2.24, 2.45) is 11.3 Å². The Morgan fingerprint density at radius 3 is 1.81 bits per heavy atom. The van der Waals surface area contributed by atoms with Gasteiger partial charge in [0.25, 0.3) is 0 Å². The van der Waals surface area contributed by atoms with E-state index in [1.54, 1.807) is 0 Å². The second-order valence-corrected chi connectivity index (χ2v) is 6.79. The van der Waals surface area contributed by atoms with Crippen molar-refractivity contribution in [2.45, 2.75) is 80.3 Å². The molecule has 0 aliphatic heterocycles. The molecule has 16 heavy (non-hydrogen) atoms. The van der Waals surface area contributed by atoms with Crippen LogP contribution in [0.1, 0.15) is 68.2 Å². The number of hydrogen-bond donors (Lipinski definition) is 0. The Bertz CT molecular complexity index is 178. The topological polar surface area (TPSA) is 3.24 Å². The van der Waals surface area contributed by atoms with E-state index in [1.165, 1.54) is 19.4 Å². The second kappa shape index (κ2) is 6.64. The molecule has 1 nitrogen and oxygen atoms in total. The van der Waals surface area contributed by atoms with E-state index < -0.39 is 0 Å². The minimum absolute atomic E-state index is 0.447. The third-order valence-corrected chi connectivity index (χ3v) is 3.76. The summed E-state index contributed by atoms with van der Waals surface area (Å²) in [5.41, 5.74) is 0.447. The lowest BCUT2D eigenvalue weighted by Gasteiger charge is -2.38. The third-order valence-electron chi connectivity index (χ3n) is 3.76. The number of rotatable bonds is 6. The normalized spacial score (nSPS) is 16.9. The van der Waals surface area contributed by atoms with Gasteiger partial charge in [0, 0.05) is 12.1 Å². The van der Waals surface area contributed by atoms with Crippen LogP contribution in [0, 0.1) is 11.3 Å². The van der Waals surface area contributed by atoms with Gasteiger partial charge in [0.1, 0.15) is 0 Å². The second-order valence-electron chi connectivity index (χ2n) is 6.79. The van der Waals surface area contributed by atoms with Gasteiger partial charge < -0.3 is 0 Å². The molecule has 0 saturated heterocycles. The summed E-state index contributed by atoms with van der Waals surface area (Å²) in [5, 5.41) is 0. The van der Waals surface area contributed by atoms with Crippen molar-refractivity contribution in [1.82, 2.24) is 4.90 Å². The van der Waals surface area contributed by atoms with Crippen molar-refractivity contribution >= 4 is 0 Å². The first-order valence-corrected chi connectivity index (χ1v) is 6.94. The van der Waals surface area contributed by atoms with Crippen molar-refractivity contribution in [3.8, 4) is 0 Å². The zero-order valence-electron chi connectivity index (χ0n) is 12.8. The molecular weight excluding hydrogens is 194 g/mol. The van der Waals surface area contributed by atoms with Crippen molar-refractivity contribution in [2.75, 3.05) is 6.54 Å². The molecule has 0 aromatic carbocycles. The minimum atomic E-state index is 0.447. The number of hydrogen-bond acceptors (Lipinski definition) is 1. The predicted octanol–water partition coefficient (Wildman–Crippen LogP) is 4.57. The first-order valence-electron chi connectivity index (χ1n) is 6.94. The molecule has 0 radical (unpaired) electrons. The van der Waals surface area contributed by atoms with E-state index in [0.717, 1.165) is 5.92 Å². The summed E-state index contributed by atoms with van der Waals surface area (Å²) < 4.78 is 0. The fraction of sp³-hybridized carbons (Fsp3) is 1.00. The molecule has 0 aliphatic carbocycles. The van der Waals surface area contributed by atoms with Crippen LogP contribution in [0.4, 0.5) is 0 Å². The molecule has 0 fully saturated rings. The Balaban J connectivity index is 4.44. The van der Waals surface area contributed by atoms with Crippen molar-refractivity contribution in [3.05, 3.63) is 0 Å². The largest absolute Gasteiger partial charge is 0.298 e. The van der Waals surface area contributed by atoms with Crippen LogP contribution < -0.4 is 0 Å². The summed E-state index contributed by atoms with van der Waals surface area (Å²) in [6.45, 7) is 19.9. The summed E-state index contributed by atoms with van der Waals surface area (Å²) >= 11 is 0. The maximum absolute atomic E-state index is 2.69. The maximum Gasteiger partial charge on any atom is 0.00927 e. The van der Waals surface area contributed by atoms with Crippen molar-refractivity contribution in [1.29, 1.82) is 0 Å². The Morgan fingerprint density at radius 2 is 1.50 bits per heavy atom. The van der Waals surface area contributed by atoms with Crippen LogP contribution >= 0.6 is 0 Å². The van der Waals surface area contributed by atoms with Crippen LogP contribution in [0.15, 0.2) is 0 Å². The van der Waals surface area contributed by atoms with Crippen LogP contribution in [0.25, 0.3) is 0 Å². The van der Waals surface area contributed by atoms with E-state index in [-0.39, 0.29) is 0 Å². The quantitative estimate of drug-likeness (QED) is 0.642. The van der Waals surface area contributed by atoms with Gasteiger partial charge in [0.05, 0.1) is 0 Å². The molecule has 1 heteroatoms. The molecule has 0 saturated carbocycles. The standard InChI is InChI=1S/C15H33N/c1-9-13(4)16(14(5)12(2)3)11-10-15(6,7)8/h12-14H,9-11H2,1-8H3. The smallest absolute Gasteiger partial charge is 0.00927 e. The predicted molar refractivity (Wildman–Crippen MR) is 74.8 cm³/mol. The average Bonchev–Trinajstić information content (AvgIpc) is 2.15. The molecule has 0 heterocycles. The van der Waals surface area contributed by atoms with Gasteiger partial charge in [-0.1, -0.05) is 41.5 Å². The van der Waals surface area contributed by atoms with Gasteiger partial charge in [0.2, 0.25) is 0 Å². The van der Waals surface area contributed by atoms with Crippen LogP contribution in [-0.2, 0) is 0 Å². The van der Waals surface area contributed by atoms with Crippen molar-refractivity contribution in [3.63, 3.8) is 0 Å². The van der Waals surface area contributed by atoms with Crippen LogP contribution in [-0.4, -0.2) is 23.5 Å². The highest BCUT2D eigenvalue weighted by molar-refractivity contribution is 4.77. The van der Waals surface area contributed by atoms with Gasteiger partial charge in [-0.15, -0.1) is 0 Å². The van der Waals surface area contributed by atoms with Gasteiger partial charge in [-0.05, 0) is 44.6 Å². The summed E-state index contributed by atoms with van der Waals surface area (Å²) in [4.78, 5) is 2.69. The monoisotopic (exact) mass is 227 g/mol. The SMILES string of the molecule is CCC(C)N(CCC(C)(C)C)C(C)C(C)C. The fourth-order valence-electron chi connectivity index (χ4n) is 1.91. The molecule has 0 aromatic heterocycles. The molecule has 98 valence electrons. The van der Waals surface area contributed by atoms with Gasteiger partial charge in [0.15, 0.2) is 0 Å². The Hall–Kier alpha value is -0.0400. The Morgan fingerprint density at radius 1 is 1.00 bits per heavy atom. The summed E-state index contributed by atoms with van der Waals surface area (Å²) in [5.74, 6) is 0.744.